The van der Waals surface area contributed by atoms with Gasteiger partial charge in [-0.15, -0.1) is 0 Å². The molecule has 1 aromatic heterocycles. The van der Waals surface area contributed by atoms with Crippen molar-refractivity contribution in [3.63, 3.8) is 0 Å². The molecule has 4 rings (SSSR count). The van der Waals surface area contributed by atoms with Crippen LogP contribution >= 0.6 is 11.3 Å². The highest BCUT2D eigenvalue weighted by Crippen LogP contribution is 2.21. The number of hydrogen-bond donors (Lipinski definition) is 0. The number of halogens is 1. The van der Waals surface area contributed by atoms with Crippen LogP contribution in [0.2, 0.25) is 0 Å². The number of esters is 1. The minimum absolute atomic E-state index is 0.0298. The maximum absolute atomic E-state index is 14.5. The van der Waals surface area contributed by atoms with Crippen LogP contribution in [0.25, 0.3) is 10.2 Å². The van der Waals surface area contributed by atoms with Crippen LogP contribution in [0.5, 0.6) is 0 Å². The molecule has 0 fully saturated rings. The van der Waals surface area contributed by atoms with E-state index in [1.54, 1.807) is 6.07 Å². The summed E-state index contributed by atoms with van der Waals surface area (Å²) in [7, 11) is -1.09. The van der Waals surface area contributed by atoms with Crippen LogP contribution in [-0.2, 0) is 32.6 Å². The molecule has 186 valence electrons. The van der Waals surface area contributed by atoms with Gasteiger partial charge in [-0.2, -0.15) is 9.30 Å². The Bertz CT molecular complexity index is 1590. The number of rotatable bonds is 7. The smallest absolute Gasteiger partial charge is 0.325 e. The first kappa shape index (κ1) is 25.4. The van der Waals surface area contributed by atoms with E-state index in [1.165, 1.54) is 59.4 Å². The topological polar surface area (TPSA) is 98.0 Å². The quantitative estimate of drug-likeness (QED) is 0.342. The summed E-state index contributed by atoms with van der Waals surface area (Å²) in [6, 6.07) is 19.0. The Hall–Kier alpha value is -3.67. The van der Waals surface area contributed by atoms with Crippen LogP contribution in [0.1, 0.15) is 15.9 Å². The Kier molecular flexibility index (Phi) is 7.43. The van der Waals surface area contributed by atoms with Crippen LogP contribution < -0.4 is 4.80 Å². The summed E-state index contributed by atoms with van der Waals surface area (Å²) in [4.78, 5) is 29.0. The average Bonchev–Trinajstić information content (AvgIpc) is 3.22. The summed E-state index contributed by atoms with van der Waals surface area (Å²) in [6.45, 7) is -0.129. The Morgan fingerprint density at radius 2 is 1.72 bits per heavy atom. The molecule has 0 radical (unpaired) electrons. The predicted octanol–water partition coefficient (Wildman–Crippen LogP) is 3.58. The Balaban J connectivity index is 1.63. The van der Waals surface area contributed by atoms with E-state index in [1.807, 2.05) is 30.3 Å². The van der Waals surface area contributed by atoms with E-state index < -0.39 is 27.7 Å². The van der Waals surface area contributed by atoms with E-state index >= 15 is 0 Å². The Labute approximate surface area is 211 Å². The summed E-state index contributed by atoms with van der Waals surface area (Å²) >= 11 is 1.05. The van der Waals surface area contributed by atoms with E-state index in [9.17, 15) is 22.4 Å². The number of amides is 1. The normalized spacial score (nSPS) is 12.3. The number of hydrogen-bond acceptors (Lipinski definition) is 6. The molecule has 8 nitrogen and oxygen atoms in total. The van der Waals surface area contributed by atoms with Gasteiger partial charge in [0.2, 0.25) is 10.0 Å². The van der Waals surface area contributed by atoms with Gasteiger partial charge in [0.15, 0.2) is 4.80 Å². The van der Waals surface area contributed by atoms with Crippen LogP contribution in [0.4, 0.5) is 4.39 Å². The largest absolute Gasteiger partial charge is 0.468 e. The molecule has 3 aromatic carbocycles. The zero-order chi connectivity index (χ0) is 25.9. The molecule has 11 heteroatoms. The molecule has 0 unspecified atom stereocenters. The first-order chi connectivity index (χ1) is 17.2. The zero-order valence-electron chi connectivity index (χ0n) is 19.4. The third-order valence-electron chi connectivity index (χ3n) is 5.42. The van der Waals surface area contributed by atoms with Crippen molar-refractivity contribution in [3.05, 3.63) is 94.5 Å². The maximum atomic E-state index is 14.5. The lowest BCUT2D eigenvalue weighted by molar-refractivity contribution is -0.141. The molecule has 0 spiro atoms. The van der Waals surface area contributed by atoms with Crippen molar-refractivity contribution in [2.24, 2.45) is 4.99 Å². The molecule has 0 aliphatic rings. The number of aromatic nitrogens is 1. The number of para-hydroxylation sites is 1. The second-order valence-electron chi connectivity index (χ2n) is 7.82. The van der Waals surface area contributed by atoms with Crippen molar-refractivity contribution in [2.45, 2.75) is 18.0 Å². The highest BCUT2D eigenvalue weighted by Gasteiger charge is 2.21. The summed E-state index contributed by atoms with van der Waals surface area (Å²) in [5.41, 5.74) is 1.12. The van der Waals surface area contributed by atoms with Crippen LogP contribution in [0.3, 0.4) is 0 Å². The van der Waals surface area contributed by atoms with E-state index in [0.717, 1.165) is 16.9 Å². The number of ether oxygens (including phenoxy) is 1. The number of benzene rings is 3. The van der Waals surface area contributed by atoms with Crippen molar-refractivity contribution in [1.82, 2.24) is 8.87 Å². The van der Waals surface area contributed by atoms with Crippen LogP contribution in [-0.4, -0.2) is 43.3 Å². The van der Waals surface area contributed by atoms with Crippen molar-refractivity contribution < 1.29 is 27.1 Å². The fourth-order valence-electron chi connectivity index (χ4n) is 3.54. The maximum Gasteiger partial charge on any atom is 0.325 e. The van der Waals surface area contributed by atoms with Gasteiger partial charge in [0, 0.05) is 19.2 Å². The summed E-state index contributed by atoms with van der Waals surface area (Å²) < 4.78 is 48.1. The summed E-state index contributed by atoms with van der Waals surface area (Å²) in [6.07, 6.45) is 0. The molecule has 36 heavy (non-hydrogen) atoms. The minimum Gasteiger partial charge on any atom is -0.468 e. The van der Waals surface area contributed by atoms with E-state index in [0.29, 0.717) is 4.70 Å². The molecular formula is C25H22FN3O5S2. The van der Waals surface area contributed by atoms with Gasteiger partial charge >= 0.3 is 5.97 Å². The van der Waals surface area contributed by atoms with Crippen molar-refractivity contribution in [1.29, 1.82) is 0 Å². The lowest BCUT2D eigenvalue weighted by atomic mass is 10.2. The molecule has 0 atom stereocenters. The van der Waals surface area contributed by atoms with Gasteiger partial charge in [0.05, 0.1) is 22.2 Å². The van der Waals surface area contributed by atoms with Gasteiger partial charge in [0.1, 0.15) is 12.4 Å². The lowest BCUT2D eigenvalue weighted by Crippen LogP contribution is -2.26. The monoisotopic (exact) mass is 527 g/mol. The number of carbonyl (C=O) groups excluding carboxylic acids is 2. The molecular weight excluding hydrogens is 505 g/mol. The number of sulfonamides is 1. The van der Waals surface area contributed by atoms with Gasteiger partial charge < -0.3 is 9.30 Å². The molecule has 0 aliphatic heterocycles. The fraction of sp³-hybridized carbons (Fsp3) is 0.160. The Morgan fingerprint density at radius 1 is 1.03 bits per heavy atom. The molecule has 1 amide bonds. The Morgan fingerprint density at radius 3 is 2.39 bits per heavy atom. The van der Waals surface area contributed by atoms with Gasteiger partial charge in [-0.05, 0) is 42.0 Å². The van der Waals surface area contributed by atoms with Gasteiger partial charge in [0.25, 0.3) is 5.91 Å². The van der Waals surface area contributed by atoms with Gasteiger partial charge in [-0.3, -0.25) is 9.59 Å². The fourth-order valence-corrected chi connectivity index (χ4v) is 5.74. The predicted molar refractivity (Wildman–Crippen MR) is 133 cm³/mol. The van der Waals surface area contributed by atoms with Crippen molar-refractivity contribution in [3.8, 4) is 0 Å². The number of thiazole rings is 1. The third-order valence-corrected chi connectivity index (χ3v) is 8.28. The van der Waals surface area contributed by atoms with Gasteiger partial charge in [-0.1, -0.05) is 47.7 Å². The molecule has 0 saturated carbocycles. The zero-order valence-corrected chi connectivity index (χ0v) is 21.1. The van der Waals surface area contributed by atoms with Crippen molar-refractivity contribution in [2.75, 3.05) is 14.2 Å². The summed E-state index contributed by atoms with van der Waals surface area (Å²) in [5, 5.41) is 0. The standard InChI is InChI=1S/C25H22FN3O5S2/c1-28(15-17-7-4-3-5-8-17)36(32,33)19-13-11-18(12-14-19)24(31)27-25-29(16-22(30)34-2)23-20(26)9-6-10-21(23)35-25/h3-14H,15-16H2,1-2H3. The van der Waals surface area contributed by atoms with E-state index in [2.05, 4.69) is 4.99 Å². The minimum atomic E-state index is -3.79. The van der Waals surface area contributed by atoms with E-state index in [-0.39, 0.29) is 33.9 Å². The lowest BCUT2D eigenvalue weighted by Gasteiger charge is -2.17. The van der Waals surface area contributed by atoms with Crippen molar-refractivity contribution >= 4 is 43.5 Å². The van der Waals surface area contributed by atoms with Crippen LogP contribution in [0, 0.1) is 5.82 Å². The molecule has 0 aliphatic carbocycles. The molecule has 4 aromatic rings. The first-order valence-electron chi connectivity index (χ1n) is 10.7. The van der Waals surface area contributed by atoms with E-state index in [4.69, 9.17) is 4.74 Å². The second kappa shape index (κ2) is 10.5. The molecule has 1 heterocycles. The summed E-state index contributed by atoms with van der Waals surface area (Å²) in [5.74, 6) is -1.85. The third kappa shape index (κ3) is 5.27. The number of methoxy groups -OCH3 is 1. The first-order valence-corrected chi connectivity index (χ1v) is 13.0. The number of nitrogens with zero attached hydrogens (tertiary/aromatic N) is 3. The van der Waals surface area contributed by atoms with Gasteiger partial charge in [-0.25, -0.2) is 12.8 Å². The number of fused-ring (bicyclic) bond motifs is 1. The SMILES string of the molecule is COC(=O)Cn1c(=NC(=O)c2ccc(S(=O)(=O)N(C)Cc3ccccc3)cc2)sc2cccc(F)c21. The molecule has 0 bridgehead atoms. The molecule has 0 saturated heterocycles. The highest BCUT2D eigenvalue weighted by molar-refractivity contribution is 7.89. The highest BCUT2D eigenvalue weighted by atomic mass is 32.2. The average molecular weight is 528 g/mol. The second-order valence-corrected chi connectivity index (χ2v) is 10.9. The van der Waals surface area contributed by atoms with Crippen LogP contribution in [0.15, 0.2) is 82.7 Å². The molecule has 0 N–H and O–H groups in total. The number of carbonyl (C=O) groups is 2.